The number of aromatic amines is 1. The van der Waals surface area contributed by atoms with E-state index in [9.17, 15) is 14.7 Å². The second-order valence-corrected chi connectivity index (χ2v) is 7.07. The van der Waals surface area contributed by atoms with Crippen LogP contribution in [0.3, 0.4) is 0 Å². The Labute approximate surface area is 150 Å². The van der Waals surface area contributed by atoms with E-state index in [-0.39, 0.29) is 18.6 Å². The van der Waals surface area contributed by atoms with Gasteiger partial charge in [-0.3, -0.25) is 0 Å². The minimum Gasteiger partial charge on any atom is -0.478 e. The highest BCUT2D eigenvalue weighted by Crippen LogP contribution is 2.37. The molecule has 1 aliphatic rings. The Balaban J connectivity index is 2.16. The van der Waals surface area contributed by atoms with Crippen LogP contribution in [-0.4, -0.2) is 38.4 Å². The summed E-state index contributed by atoms with van der Waals surface area (Å²) in [5.74, 6) is -2.48. The quantitative estimate of drug-likeness (QED) is 0.778. The molecule has 0 fully saturated rings. The fourth-order valence-corrected chi connectivity index (χ4v) is 3.68. The lowest BCUT2D eigenvalue weighted by molar-refractivity contribution is -0.162. The van der Waals surface area contributed by atoms with Gasteiger partial charge in [0, 0.05) is 23.0 Å². The summed E-state index contributed by atoms with van der Waals surface area (Å²) in [6.45, 7) is 10.1. The highest BCUT2D eigenvalue weighted by Gasteiger charge is 2.49. The van der Waals surface area contributed by atoms with Crippen molar-refractivity contribution in [2.75, 3.05) is 0 Å². The van der Waals surface area contributed by atoms with Crippen LogP contribution in [0.5, 0.6) is 0 Å². The zero-order valence-corrected chi connectivity index (χ0v) is 15.5. The molecule has 0 aliphatic carbocycles. The Bertz CT molecular complexity index is 986. The Morgan fingerprint density at radius 2 is 1.69 bits per heavy atom. The summed E-state index contributed by atoms with van der Waals surface area (Å²) in [6.07, 6.45) is -0.232. The number of oxime groups is 1. The molecular formula is C19H22N2O5. The van der Waals surface area contributed by atoms with Crippen molar-refractivity contribution in [2.45, 2.75) is 53.1 Å². The molecule has 7 nitrogen and oxygen atoms in total. The summed E-state index contributed by atoms with van der Waals surface area (Å²) >= 11 is 0. The first-order valence-corrected chi connectivity index (χ1v) is 8.38. The number of H-pyrrole nitrogens is 1. The molecule has 26 heavy (non-hydrogen) atoms. The van der Waals surface area contributed by atoms with E-state index in [0.29, 0.717) is 0 Å². The van der Waals surface area contributed by atoms with E-state index in [4.69, 9.17) is 9.94 Å². The molecule has 1 aromatic heterocycles. The van der Waals surface area contributed by atoms with Gasteiger partial charge in [-0.1, -0.05) is 5.16 Å². The van der Waals surface area contributed by atoms with Crippen molar-refractivity contribution >= 4 is 28.6 Å². The van der Waals surface area contributed by atoms with Gasteiger partial charge in [-0.25, -0.2) is 9.59 Å². The molecule has 3 rings (SSSR count). The molecule has 2 heterocycles. The number of benzene rings is 1. The monoisotopic (exact) mass is 358 g/mol. The molecule has 0 spiro atoms. The van der Waals surface area contributed by atoms with E-state index in [2.05, 4.69) is 17.1 Å². The number of nitrogens with one attached hydrogen (secondary N) is 1. The van der Waals surface area contributed by atoms with Crippen LogP contribution in [0.4, 0.5) is 0 Å². The zero-order chi connectivity index (χ0) is 19.4. The first-order valence-electron chi connectivity index (χ1n) is 8.38. The van der Waals surface area contributed by atoms with Crippen LogP contribution in [0.2, 0.25) is 0 Å². The molecule has 7 heteroatoms. The van der Waals surface area contributed by atoms with Gasteiger partial charge < -0.3 is 20.0 Å². The van der Waals surface area contributed by atoms with Crippen LogP contribution < -0.4 is 0 Å². The molecule has 3 N–H and O–H groups in total. The molecule has 1 aromatic carbocycles. The standard InChI is InChI=1S/C19H22N2O5/c1-8-9(2)11(4)16-15(10(8)3)13(12(5)20-16)6-19(18(24)25)7-14(17(22)23)21-26-19/h20H,6-7H2,1-5H3,(H,22,23)(H,24,25). The molecule has 0 amide bonds. The van der Waals surface area contributed by atoms with E-state index in [1.54, 1.807) is 0 Å². The van der Waals surface area contributed by atoms with E-state index in [1.807, 2.05) is 27.7 Å². The number of hydrogen-bond donors (Lipinski definition) is 3. The van der Waals surface area contributed by atoms with Crippen molar-refractivity contribution in [3.8, 4) is 0 Å². The van der Waals surface area contributed by atoms with Gasteiger partial charge in [0.1, 0.15) is 0 Å². The Kier molecular flexibility index (Phi) is 4.05. The molecule has 0 saturated carbocycles. The number of carboxylic acids is 2. The molecule has 0 saturated heterocycles. The third-order valence-corrected chi connectivity index (χ3v) is 5.64. The minimum atomic E-state index is -1.70. The number of rotatable bonds is 4. The van der Waals surface area contributed by atoms with Crippen LogP contribution in [0.1, 0.15) is 39.9 Å². The van der Waals surface area contributed by atoms with Crippen LogP contribution in [-0.2, 0) is 20.8 Å². The lowest BCUT2D eigenvalue weighted by Gasteiger charge is -2.22. The number of carboxylic acid groups (broad SMARTS) is 2. The predicted octanol–water partition coefficient (Wildman–Crippen LogP) is 2.94. The SMILES string of the molecule is Cc1[nH]c2c(C)c(C)c(C)c(C)c2c1CC1(C(=O)O)CC(C(=O)O)=NO1. The van der Waals surface area contributed by atoms with Crippen molar-refractivity contribution in [1.82, 2.24) is 4.98 Å². The number of aryl methyl sites for hydroxylation is 3. The van der Waals surface area contributed by atoms with Crippen LogP contribution in [0, 0.1) is 34.6 Å². The number of carbonyl (C=O) groups is 2. The lowest BCUT2D eigenvalue weighted by Crippen LogP contribution is -2.42. The van der Waals surface area contributed by atoms with Gasteiger partial charge in [0.15, 0.2) is 5.71 Å². The first-order chi connectivity index (χ1) is 12.1. The smallest absolute Gasteiger partial charge is 0.353 e. The van der Waals surface area contributed by atoms with Gasteiger partial charge in [0.25, 0.3) is 0 Å². The van der Waals surface area contributed by atoms with Crippen LogP contribution in [0.15, 0.2) is 5.16 Å². The maximum Gasteiger partial charge on any atom is 0.353 e. The molecule has 1 aliphatic heterocycles. The third-order valence-electron chi connectivity index (χ3n) is 5.64. The largest absolute Gasteiger partial charge is 0.478 e. The number of fused-ring (bicyclic) bond motifs is 1. The second-order valence-electron chi connectivity index (χ2n) is 7.07. The molecule has 1 atom stereocenters. The summed E-state index contributed by atoms with van der Waals surface area (Å²) in [5, 5.41) is 23.3. The summed E-state index contributed by atoms with van der Waals surface area (Å²) in [6, 6.07) is 0. The van der Waals surface area contributed by atoms with E-state index < -0.39 is 17.5 Å². The van der Waals surface area contributed by atoms with E-state index >= 15 is 0 Å². The second kappa shape index (κ2) is 5.86. The zero-order valence-electron chi connectivity index (χ0n) is 15.5. The summed E-state index contributed by atoms with van der Waals surface area (Å²) in [7, 11) is 0. The van der Waals surface area contributed by atoms with Crippen molar-refractivity contribution in [1.29, 1.82) is 0 Å². The van der Waals surface area contributed by atoms with Crippen LogP contribution >= 0.6 is 0 Å². The third kappa shape index (κ3) is 2.46. The summed E-state index contributed by atoms with van der Waals surface area (Å²) in [4.78, 5) is 31.6. The van der Waals surface area contributed by atoms with Crippen molar-refractivity contribution < 1.29 is 24.6 Å². The normalized spacial score (nSPS) is 19.5. The average molecular weight is 358 g/mol. The van der Waals surface area contributed by atoms with Gasteiger partial charge in [-0.2, -0.15) is 0 Å². The van der Waals surface area contributed by atoms with Crippen molar-refractivity contribution in [2.24, 2.45) is 5.16 Å². The molecule has 0 bridgehead atoms. The maximum atomic E-state index is 11.9. The van der Waals surface area contributed by atoms with Crippen molar-refractivity contribution in [3.05, 3.63) is 33.5 Å². The number of aromatic nitrogens is 1. The average Bonchev–Trinajstić information content (AvgIpc) is 3.15. The fourth-order valence-electron chi connectivity index (χ4n) is 3.68. The van der Waals surface area contributed by atoms with Gasteiger partial charge in [-0.05, 0) is 62.4 Å². The predicted molar refractivity (Wildman–Crippen MR) is 96.8 cm³/mol. The van der Waals surface area contributed by atoms with Gasteiger partial charge >= 0.3 is 11.9 Å². The molecule has 2 aromatic rings. The van der Waals surface area contributed by atoms with Crippen molar-refractivity contribution in [3.63, 3.8) is 0 Å². The highest BCUT2D eigenvalue weighted by molar-refractivity contribution is 6.36. The minimum absolute atomic E-state index is 0.0389. The highest BCUT2D eigenvalue weighted by atomic mass is 16.7. The van der Waals surface area contributed by atoms with E-state index in [1.165, 1.54) is 5.56 Å². The lowest BCUT2D eigenvalue weighted by atomic mass is 9.86. The summed E-state index contributed by atoms with van der Waals surface area (Å²) in [5.41, 5.74) is 5.25. The first kappa shape index (κ1) is 18.0. The Morgan fingerprint density at radius 3 is 2.23 bits per heavy atom. The number of aliphatic carboxylic acids is 2. The van der Waals surface area contributed by atoms with E-state index in [0.717, 1.165) is 38.9 Å². The summed E-state index contributed by atoms with van der Waals surface area (Å²) < 4.78 is 0. The number of nitrogens with zero attached hydrogens (tertiary/aromatic N) is 1. The molecule has 138 valence electrons. The molecule has 1 unspecified atom stereocenters. The van der Waals surface area contributed by atoms with Gasteiger partial charge in [-0.15, -0.1) is 0 Å². The van der Waals surface area contributed by atoms with Crippen LogP contribution in [0.25, 0.3) is 10.9 Å². The molecule has 0 radical (unpaired) electrons. The fraction of sp³-hybridized carbons (Fsp3) is 0.421. The number of hydrogen-bond acceptors (Lipinski definition) is 4. The Morgan fingerprint density at radius 1 is 1.08 bits per heavy atom. The molecular weight excluding hydrogens is 336 g/mol. The maximum absolute atomic E-state index is 11.9. The van der Waals surface area contributed by atoms with Gasteiger partial charge in [0.05, 0.1) is 6.42 Å². The topological polar surface area (TPSA) is 112 Å². The van der Waals surface area contributed by atoms with Gasteiger partial charge in [0.2, 0.25) is 5.60 Å². The Hall–Kier alpha value is -2.83.